The smallest absolute Gasteiger partial charge is 0.405 e. The Morgan fingerprint density at radius 3 is 2.73 bits per heavy atom. The maximum absolute atomic E-state index is 13.9. The molecule has 1 aliphatic rings. The van der Waals surface area contributed by atoms with E-state index in [2.05, 4.69) is 5.32 Å². The van der Waals surface area contributed by atoms with Crippen molar-refractivity contribution in [3.05, 3.63) is 59.2 Å². The second-order valence-corrected chi connectivity index (χ2v) is 5.43. The zero-order valence-corrected chi connectivity index (χ0v) is 11.8. The first kappa shape index (κ1) is 14.5. The molecule has 1 unspecified atom stereocenters. The number of hydrogen-bond acceptors (Lipinski definition) is 1. The van der Waals surface area contributed by atoms with Crippen LogP contribution in [0.1, 0.15) is 30.0 Å². The molecule has 0 saturated carbocycles. The van der Waals surface area contributed by atoms with E-state index >= 15 is 0 Å². The number of carboxylic acid groups (broad SMARTS) is 1. The summed E-state index contributed by atoms with van der Waals surface area (Å²) >= 11 is 0. The summed E-state index contributed by atoms with van der Waals surface area (Å²) in [7, 11) is 0. The molecule has 0 heterocycles. The van der Waals surface area contributed by atoms with E-state index in [1.54, 1.807) is 6.07 Å². The first-order valence-corrected chi connectivity index (χ1v) is 7.12. The highest BCUT2D eigenvalue weighted by molar-refractivity contribution is 5.68. The highest BCUT2D eigenvalue weighted by Crippen LogP contribution is 2.33. The summed E-state index contributed by atoms with van der Waals surface area (Å²) in [6.45, 7) is 0. The van der Waals surface area contributed by atoms with Crippen LogP contribution in [0.3, 0.4) is 0 Å². The van der Waals surface area contributed by atoms with Crippen molar-refractivity contribution in [1.29, 1.82) is 0 Å². The van der Waals surface area contributed by atoms with Gasteiger partial charge in [-0.05, 0) is 48.1 Å². The number of hydrogen-bond donors (Lipinski definition) is 2. The van der Waals surface area contributed by atoms with Crippen LogP contribution in [0, 0.1) is 11.6 Å². The van der Waals surface area contributed by atoms with Crippen LogP contribution in [-0.4, -0.2) is 11.2 Å². The van der Waals surface area contributed by atoms with Crippen LogP contribution in [0.2, 0.25) is 0 Å². The fourth-order valence-corrected chi connectivity index (χ4v) is 3.00. The van der Waals surface area contributed by atoms with Gasteiger partial charge in [0.15, 0.2) is 0 Å². The first-order chi connectivity index (χ1) is 10.5. The molecule has 2 aromatic carbocycles. The van der Waals surface area contributed by atoms with Crippen LogP contribution in [0.25, 0.3) is 11.1 Å². The van der Waals surface area contributed by atoms with Crippen molar-refractivity contribution < 1.29 is 18.7 Å². The van der Waals surface area contributed by atoms with Crippen molar-refractivity contribution >= 4 is 6.09 Å². The molecule has 0 bridgehead atoms. The van der Waals surface area contributed by atoms with E-state index < -0.39 is 17.7 Å². The van der Waals surface area contributed by atoms with Crippen LogP contribution in [-0.2, 0) is 6.42 Å². The fourth-order valence-electron chi connectivity index (χ4n) is 3.00. The molecule has 22 heavy (non-hydrogen) atoms. The Bertz CT molecular complexity index is 731. The number of fused-ring (bicyclic) bond motifs is 1. The van der Waals surface area contributed by atoms with Gasteiger partial charge in [-0.15, -0.1) is 0 Å². The van der Waals surface area contributed by atoms with Crippen LogP contribution in [0.5, 0.6) is 0 Å². The van der Waals surface area contributed by atoms with E-state index in [0.29, 0.717) is 11.1 Å². The number of benzene rings is 2. The number of amides is 1. The average molecular weight is 303 g/mol. The van der Waals surface area contributed by atoms with E-state index in [-0.39, 0.29) is 6.04 Å². The molecule has 0 fully saturated rings. The Morgan fingerprint density at radius 2 is 2.00 bits per heavy atom. The predicted octanol–water partition coefficient (Wildman–Crippen LogP) is 4.28. The molecule has 3 rings (SSSR count). The molecule has 0 aromatic heterocycles. The van der Waals surface area contributed by atoms with Gasteiger partial charge in [0.05, 0.1) is 6.04 Å². The Hall–Kier alpha value is -2.43. The van der Waals surface area contributed by atoms with Crippen molar-refractivity contribution in [3.63, 3.8) is 0 Å². The molecule has 0 radical (unpaired) electrons. The largest absolute Gasteiger partial charge is 0.465 e. The standard InChI is InChI=1S/C17H15F2NO2/c18-12-5-7-13(15(19)9-12)11-4-6-14-10(8-11)2-1-3-16(14)20-17(21)22/h4-9,16,20H,1-3H2,(H,21,22). The van der Waals surface area contributed by atoms with E-state index in [9.17, 15) is 13.6 Å². The second kappa shape index (κ2) is 5.75. The number of carbonyl (C=O) groups is 1. The lowest BCUT2D eigenvalue weighted by molar-refractivity contribution is 0.188. The molecule has 3 nitrogen and oxygen atoms in total. The molecule has 1 aliphatic carbocycles. The molecule has 0 aliphatic heterocycles. The van der Waals surface area contributed by atoms with Crippen LogP contribution >= 0.6 is 0 Å². The van der Waals surface area contributed by atoms with Gasteiger partial charge in [-0.3, -0.25) is 0 Å². The zero-order valence-electron chi connectivity index (χ0n) is 11.8. The Morgan fingerprint density at radius 1 is 1.18 bits per heavy atom. The monoisotopic (exact) mass is 303 g/mol. The predicted molar refractivity (Wildman–Crippen MR) is 78.6 cm³/mol. The number of nitrogens with one attached hydrogen (secondary N) is 1. The molecule has 1 amide bonds. The number of halogens is 2. The molecule has 1 atom stereocenters. The summed E-state index contributed by atoms with van der Waals surface area (Å²) in [5.41, 5.74) is 2.95. The summed E-state index contributed by atoms with van der Waals surface area (Å²) in [5.74, 6) is -1.21. The zero-order chi connectivity index (χ0) is 15.7. The quantitative estimate of drug-likeness (QED) is 0.870. The summed E-state index contributed by atoms with van der Waals surface area (Å²) in [4.78, 5) is 10.8. The minimum Gasteiger partial charge on any atom is -0.465 e. The molecule has 5 heteroatoms. The lowest BCUT2D eigenvalue weighted by Crippen LogP contribution is -2.29. The lowest BCUT2D eigenvalue weighted by atomic mass is 9.85. The topological polar surface area (TPSA) is 49.3 Å². The van der Waals surface area contributed by atoms with E-state index in [1.165, 1.54) is 12.1 Å². The summed E-state index contributed by atoms with van der Waals surface area (Å²) in [5, 5.41) is 11.4. The van der Waals surface area contributed by atoms with Gasteiger partial charge in [0.25, 0.3) is 0 Å². The maximum atomic E-state index is 13.9. The third-order valence-electron chi connectivity index (χ3n) is 4.00. The minimum absolute atomic E-state index is 0.228. The average Bonchev–Trinajstić information content (AvgIpc) is 2.46. The number of rotatable bonds is 2. The van der Waals surface area contributed by atoms with Crippen LogP contribution in [0.15, 0.2) is 36.4 Å². The Labute approximate surface area is 126 Å². The van der Waals surface area contributed by atoms with Gasteiger partial charge in [-0.1, -0.05) is 18.2 Å². The van der Waals surface area contributed by atoms with Crippen molar-refractivity contribution in [1.82, 2.24) is 5.32 Å². The molecule has 0 saturated heterocycles. The molecule has 2 N–H and O–H groups in total. The summed E-state index contributed by atoms with van der Waals surface area (Å²) in [6.07, 6.45) is 1.40. The second-order valence-electron chi connectivity index (χ2n) is 5.43. The third-order valence-corrected chi connectivity index (χ3v) is 4.00. The summed E-state index contributed by atoms with van der Waals surface area (Å²) < 4.78 is 26.9. The van der Waals surface area contributed by atoms with Crippen molar-refractivity contribution in [2.75, 3.05) is 0 Å². The van der Waals surface area contributed by atoms with Crippen molar-refractivity contribution in [3.8, 4) is 11.1 Å². The Balaban J connectivity index is 1.98. The fraction of sp³-hybridized carbons (Fsp3) is 0.235. The van der Waals surface area contributed by atoms with Crippen LogP contribution < -0.4 is 5.32 Å². The molecule has 0 spiro atoms. The SMILES string of the molecule is O=C(O)NC1CCCc2cc(-c3ccc(F)cc3F)ccc21. The first-order valence-electron chi connectivity index (χ1n) is 7.12. The van der Waals surface area contributed by atoms with Gasteiger partial charge in [0, 0.05) is 11.6 Å². The van der Waals surface area contributed by atoms with Gasteiger partial charge in [-0.2, -0.15) is 0 Å². The molecular weight excluding hydrogens is 288 g/mol. The number of aryl methyl sites for hydroxylation is 1. The van der Waals surface area contributed by atoms with Crippen molar-refractivity contribution in [2.24, 2.45) is 0 Å². The normalized spacial score (nSPS) is 16.9. The van der Waals surface area contributed by atoms with E-state index in [1.807, 2.05) is 12.1 Å². The van der Waals surface area contributed by atoms with E-state index in [0.717, 1.165) is 36.5 Å². The van der Waals surface area contributed by atoms with E-state index in [4.69, 9.17) is 5.11 Å². The Kier molecular flexibility index (Phi) is 3.79. The van der Waals surface area contributed by atoms with Gasteiger partial charge in [-0.25, -0.2) is 13.6 Å². The maximum Gasteiger partial charge on any atom is 0.405 e. The third kappa shape index (κ3) is 2.79. The van der Waals surface area contributed by atoms with Gasteiger partial charge in [0.1, 0.15) is 11.6 Å². The minimum atomic E-state index is -1.05. The molecule has 114 valence electrons. The van der Waals surface area contributed by atoms with Gasteiger partial charge in [0.2, 0.25) is 0 Å². The molecular formula is C17H15F2NO2. The van der Waals surface area contributed by atoms with Crippen LogP contribution in [0.4, 0.5) is 13.6 Å². The van der Waals surface area contributed by atoms with Crippen molar-refractivity contribution in [2.45, 2.75) is 25.3 Å². The lowest BCUT2D eigenvalue weighted by Gasteiger charge is -2.26. The highest BCUT2D eigenvalue weighted by atomic mass is 19.1. The molecule has 2 aromatic rings. The van der Waals surface area contributed by atoms with Gasteiger partial charge < -0.3 is 10.4 Å². The van der Waals surface area contributed by atoms with Gasteiger partial charge >= 0.3 is 6.09 Å². The summed E-state index contributed by atoms with van der Waals surface area (Å²) in [6, 6.07) is 8.72. The highest BCUT2D eigenvalue weighted by Gasteiger charge is 2.22.